The topological polar surface area (TPSA) is 9.23 Å². The predicted octanol–water partition coefficient (Wildman–Crippen LogP) is 4.62. The summed E-state index contributed by atoms with van der Waals surface area (Å²) in [4.78, 5) is 0. The Hall–Kier alpha value is -0.620. The van der Waals surface area contributed by atoms with E-state index in [1.165, 1.54) is 6.07 Å². The average molecular weight is 329 g/mol. The fourth-order valence-corrected chi connectivity index (χ4v) is 1.99. The molecule has 6 heteroatoms. The van der Waals surface area contributed by atoms with Gasteiger partial charge in [-0.15, -0.1) is 0 Å². The van der Waals surface area contributed by atoms with Gasteiger partial charge in [-0.1, -0.05) is 34.1 Å². The van der Waals surface area contributed by atoms with Crippen LogP contribution in [0.15, 0.2) is 24.3 Å². The summed E-state index contributed by atoms with van der Waals surface area (Å²) < 4.78 is 54.5. The Morgan fingerprint density at radius 3 is 2.44 bits per heavy atom. The van der Waals surface area contributed by atoms with Crippen molar-refractivity contribution in [3.05, 3.63) is 35.6 Å². The first-order valence-corrected chi connectivity index (χ1v) is 6.55. The van der Waals surface area contributed by atoms with Gasteiger partial charge >= 0.3 is 6.18 Å². The van der Waals surface area contributed by atoms with Crippen molar-refractivity contribution in [1.82, 2.24) is 0 Å². The molecule has 0 aliphatic rings. The molecule has 0 bridgehead atoms. The van der Waals surface area contributed by atoms with Crippen molar-refractivity contribution in [1.29, 1.82) is 0 Å². The van der Waals surface area contributed by atoms with Gasteiger partial charge < -0.3 is 4.74 Å². The van der Waals surface area contributed by atoms with Gasteiger partial charge in [0, 0.05) is 23.9 Å². The molecule has 0 aromatic heterocycles. The third-order valence-corrected chi connectivity index (χ3v) is 2.90. The first-order valence-electron chi connectivity index (χ1n) is 5.43. The third kappa shape index (κ3) is 5.35. The van der Waals surface area contributed by atoms with Gasteiger partial charge in [0.2, 0.25) is 0 Å². The van der Waals surface area contributed by atoms with Crippen LogP contribution in [0.2, 0.25) is 0 Å². The molecule has 0 spiro atoms. The van der Waals surface area contributed by atoms with Crippen LogP contribution in [0, 0.1) is 5.82 Å². The normalized spacial score (nSPS) is 13.6. The summed E-state index contributed by atoms with van der Waals surface area (Å²) in [6.45, 7) is -0.0515. The minimum absolute atomic E-state index is 0.0515. The molecule has 18 heavy (non-hydrogen) atoms. The van der Waals surface area contributed by atoms with Gasteiger partial charge in [0.05, 0.1) is 6.10 Å². The zero-order valence-corrected chi connectivity index (χ0v) is 11.1. The molecule has 0 saturated heterocycles. The minimum atomic E-state index is -4.18. The van der Waals surface area contributed by atoms with Crippen LogP contribution in [0.25, 0.3) is 0 Å². The van der Waals surface area contributed by atoms with Crippen LogP contribution in [0.5, 0.6) is 0 Å². The van der Waals surface area contributed by atoms with E-state index in [4.69, 9.17) is 4.74 Å². The molecule has 0 aliphatic heterocycles. The van der Waals surface area contributed by atoms with E-state index in [0.29, 0.717) is 10.9 Å². The lowest BCUT2D eigenvalue weighted by atomic mass is 10.1. The van der Waals surface area contributed by atoms with Crippen LogP contribution in [-0.4, -0.2) is 18.1 Å². The fourth-order valence-electron chi connectivity index (χ4n) is 1.45. The monoisotopic (exact) mass is 328 g/mol. The molecule has 1 aromatic carbocycles. The van der Waals surface area contributed by atoms with Gasteiger partial charge in [-0.05, 0) is 12.5 Å². The second-order valence-electron chi connectivity index (χ2n) is 3.75. The SMILES string of the molecule is Fc1ccccc1C(CBr)OCCCC(F)(F)F. The van der Waals surface area contributed by atoms with E-state index in [0.717, 1.165) is 0 Å². The number of hydrogen-bond donors (Lipinski definition) is 0. The predicted molar refractivity (Wildman–Crippen MR) is 64.2 cm³/mol. The van der Waals surface area contributed by atoms with Crippen molar-refractivity contribution >= 4 is 15.9 Å². The van der Waals surface area contributed by atoms with E-state index in [-0.39, 0.29) is 13.0 Å². The summed E-state index contributed by atoms with van der Waals surface area (Å²) in [7, 11) is 0. The van der Waals surface area contributed by atoms with E-state index in [2.05, 4.69) is 15.9 Å². The van der Waals surface area contributed by atoms with Crippen LogP contribution < -0.4 is 0 Å². The number of halogens is 5. The van der Waals surface area contributed by atoms with E-state index in [1.54, 1.807) is 18.2 Å². The standard InChI is InChI=1S/C12H13BrF4O/c13-8-11(9-4-1-2-5-10(9)14)18-7-3-6-12(15,16)17/h1-2,4-5,11H,3,6-8H2. The van der Waals surface area contributed by atoms with Crippen molar-refractivity contribution in [2.45, 2.75) is 25.1 Å². The van der Waals surface area contributed by atoms with Crippen molar-refractivity contribution < 1.29 is 22.3 Å². The minimum Gasteiger partial charge on any atom is -0.373 e. The lowest BCUT2D eigenvalue weighted by molar-refractivity contribution is -0.138. The van der Waals surface area contributed by atoms with Gasteiger partial charge in [0.1, 0.15) is 5.82 Å². The Balaban J connectivity index is 2.46. The molecular weight excluding hydrogens is 316 g/mol. The summed E-state index contributed by atoms with van der Waals surface area (Å²) in [5, 5.41) is 0.333. The molecule has 0 heterocycles. The Morgan fingerprint density at radius 2 is 1.89 bits per heavy atom. The number of hydrogen-bond acceptors (Lipinski definition) is 1. The second kappa shape index (κ2) is 7.09. The molecule has 0 saturated carbocycles. The summed E-state index contributed by atoms with van der Waals surface area (Å²) in [5.41, 5.74) is 0.349. The summed E-state index contributed by atoms with van der Waals surface area (Å²) in [6, 6.07) is 6.07. The van der Waals surface area contributed by atoms with Gasteiger partial charge in [0.15, 0.2) is 0 Å². The van der Waals surface area contributed by atoms with Gasteiger partial charge in [0.25, 0.3) is 0 Å². The Bertz CT molecular complexity index is 367. The highest BCUT2D eigenvalue weighted by Gasteiger charge is 2.26. The van der Waals surface area contributed by atoms with Crippen LogP contribution >= 0.6 is 15.9 Å². The summed E-state index contributed by atoms with van der Waals surface area (Å²) in [5.74, 6) is -0.419. The molecule has 0 N–H and O–H groups in total. The quantitative estimate of drug-likeness (QED) is 0.420. The number of benzene rings is 1. The van der Waals surface area contributed by atoms with Crippen LogP contribution in [-0.2, 0) is 4.74 Å². The molecule has 1 unspecified atom stereocenters. The first-order chi connectivity index (χ1) is 8.44. The zero-order chi connectivity index (χ0) is 13.6. The Kier molecular flexibility index (Phi) is 6.08. The molecule has 0 fully saturated rings. The molecular formula is C12H13BrF4O. The first kappa shape index (κ1) is 15.4. The summed E-state index contributed by atoms with van der Waals surface area (Å²) >= 11 is 3.16. The molecule has 0 aliphatic carbocycles. The molecule has 102 valence electrons. The van der Waals surface area contributed by atoms with Crippen LogP contribution in [0.4, 0.5) is 17.6 Å². The fraction of sp³-hybridized carbons (Fsp3) is 0.500. The largest absolute Gasteiger partial charge is 0.389 e. The third-order valence-electron chi connectivity index (χ3n) is 2.32. The zero-order valence-electron chi connectivity index (χ0n) is 9.51. The average Bonchev–Trinajstić information content (AvgIpc) is 2.29. The molecule has 1 nitrogen and oxygen atoms in total. The molecule has 1 atom stereocenters. The van der Waals surface area contributed by atoms with Crippen molar-refractivity contribution in [2.24, 2.45) is 0 Å². The van der Waals surface area contributed by atoms with Gasteiger partial charge in [-0.3, -0.25) is 0 Å². The van der Waals surface area contributed by atoms with Crippen molar-refractivity contribution in [2.75, 3.05) is 11.9 Å². The van der Waals surface area contributed by atoms with E-state index in [9.17, 15) is 17.6 Å². The van der Waals surface area contributed by atoms with Crippen LogP contribution in [0.3, 0.4) is 0 Å². The van der Waals surface area contributed by atoms with Crippen LogP contribution in [0.1, 0.15) is 24.5 Å². The lowest BCUT2D eigenvalue weighted by Crippen LogP contribution is -2.12. The van der Waals surface area contributed by atoms with Gasteiger partial charge in [-0.2, -0.15) is 13.2 Å². The van der Waals surface area contributed by atoms with Crippen molar-refractivity contribution in [3.63, 3.8) is 0 Å². The highest BCUT2D eigenvalue weighted by atomic mass is 79.9. The smallest absolute Gasteiger partial charge is 0.373 e. The maximum atomic E-state index is 13.4. The number of alkyl halides is 4. The summed E-state index contributed by atoms with van der Waals surface area (Å²) in [6.07, 6.45) is -5.76. The molecule has 0 radical (unpaired) electrons. The number of ether oxygens (including phenoxy) is 1. The number of rotatable bonds is 6. The Labute approximate surface area is 111 Å². The Morgan fingerprint density at radius 1 is 1.22 bits per heavy atom. The lowest BCUT2D eigenvalue weighted by Gasteiger charge is -2.16. The van der Waals surface area contributed by atoms with Crippen molar-refractivity contribution in [3.8, 4) is 0 Å². The second-order valence-corrected chi connectivity index (χ2v) is 4.40. The maximum Gasteiger partial charge on any atom is 0.389 e. The molecule has 0 amide bonds. The highest BCUT2D eigenvalue weighted by molar-refractivity contribution is 9.09. The van der Waals surface area contributed by atoms with E-state index < -0.39 is 24.5 Å². The van der Waals surface area contributed by atoms with E-state index in [1.807, 2.05) is 0 Å². The maximum absolute atomic E-state index is 13.4. The van der Waals surface area contributed by atoms with E-state index >= 15 is 0 Å². The molecule has 1 aromatic rings. The van der Waals surface area contributed by atoms with Gasteiger partial charge in [-0.25, -0.2) is 4.39 Å². The molecule has 1 rings (SSSR count). The highest BCUT2D eigenvalue weighted by Crippen LogP contribution is 2.25.